The molecule has 1 aliphatic heterocycles. The molecular formula is C19H31FN4O. The van der Waals surface area contributed by atoms with Crippen LogP contribution in [0.25, 0.3) is 0 Å². The number of benzene rings is 1. The number of nitrogens with zero attached hydrogens (tertiary/aromatic N) is 2. The molecule has 0 amide bonds. The Kier molecular flexibility index (Phi) is 8.15. The minimum atomic E-state index is -0.168. The Bertz CT molecular complexity index is 558. The van der Waals surface area contributed by atoms with Crippen LogP contribution in [0.2, 0.25) is 0 Å². The van der Waals surface area contributed by atoms with E-state index in [-0.39, 0.29) is 11.9 Å². The molecule has 0 aromatic heterocycles. The molecule has 1 aliphatic rings. The van der Waals surface area contributed by atoms with Gasteiger partial charge in [0.05, 0.1) is 19.3 Å². The highest BCUT2D eigenvalue weighted by atomic mass is 19.1. The summed E-state index contributed by atoms with van der Waals surface area (Å²) in [6.07, 6.45) is 1.02. The lowest BCUT2D eigenvalue weighted by molar-refractivity contribution is 0.0377. The molecule has 0 spiro atoms. The van der Waals surface area contributed by atoms with Gasteiger partial charge in [0.15, 0.2) is 5.96 Å². The Morgan fingerprint density at radius 3 is 2.80 bits per heavy atom. The largest absolute Gasteiger partial charge is 0.379 e. The van der Waals surface area contributed by atoms with E-state index in [9.17, 15) is 4.39 Å². The molecule has 1 heterocycles. The monoisotopic (exact) mass is 350 g/mol. The van der Waals surface area contributed by atoms with Gasteiger partial charge in [0.25, 0.3) is 0 Å². The van der Waals surface area contributed by atoms with Gasteiger partial charge in [-0.1, -0.05) is 12.1 Å². The van der Waals surface area contributed by atoms with Crippen molar-refractivity contribution in [3.63, 3.8) is 0 Å². The van der Waals surface area contributed by atoms with Gasteiger partial charge in [-0.3, -0.25) is 9.89 Å². The predicted octanol–water partition coefficient (Wildman–Crippen LogP) is 2.47. The molecule has 25 heavy (non-hydrogen) atoms. The summed E-state index contributed by atoms with van der Waals surface area (Å²) in [6.45, 7) is 12.1. The summed E-state index contributed by atoms with van der Waals surface area (Å²) in [5, 5.41) is 6.62. The van der Waals surface area contributed by atoms with Crippen LogP contribution in [0.4, 0.5) is 4.39 Å². The van der Waals surface area contributed by atoms with Crippen molar-refractivity contribution in [3.05, 3.63) is 35.1 Å². The van der Waals surface area contributed by atoms with Crippen LogP contribution in [0.5, 0.6) is 0 Å². The number of hydrogen-bond donors (Lipinski definition) is 2. The number of hydrogen-bond acceptors (Lipinski definition) is 3. The first kappa shape index (κ1) is 19.7. The lowest BCUT2D eigenvalue weighted by Crippen LogP contribution is -2.39. The van der Waals surface area contributed by atoms with Gasteiger partial charge in [-0.05, 0) is 44.4 Å². The number of aryl methyl sites for hydroxylation is 1. The number of nitrogens with one attached hydrogen (secondary N) is 2. The molecule has 0 saturated carbocycles. The van der Waals surface area contributed by atoms with Crippen LogP contribution in [-0.4, -0.2) is 56.8 Å². The van der Waals surface area contributed by atoms with Gasteiger partial charge in [-0.2, -0.15) is 0 Å². The standard InChI is InChI=1S/C19H31FN4O/c1-4-21-19(22-8-5-9-24-10-12-25-13-11-24)23-16(3)17-7-6-15(2)18(20)14-17/h6-7,14,16H,4-5,8-13H2,1-3H3,(H2,21,22,23). The van der Waals surface area contributed by atoms with Crippen molar-refractivity contribution in [2.24, 2.45) is 4.99 Å². The van der Waals surface area contributed by atoms with Gasteiger partial charge in [-0.25, -0.2) is 4.39 Å². The summed E-state index contributed by atoms with van der Waals surface area (Å²) in [5.74, 6) is 0.608. The fraction of sp³-hybridized carbons (Fsp3) is 0.632. The Hall–Kier alpha value is -1.66. The van der Waals surface area contributed by atoms with E-state index in [0.29, 0.717) is 5.56 Å². The molecule has 1 saturated heterocycles. The maximum Gasteiger partial charge on any atom is 0.191 e. The van der Waals surface area contributed by atoms with Gasteiger partial charge in [0.2, 0.25) is 0 Å². The van der Waals surface area contributed by atoms with Crippen LogP contribution in [0.3, 0.4) is 0 Å². The second-order valence-electron chi connectivity index (χ2n) is 6.44. The van der Waals surface area contributed by atoms with Crippen LogP contribution >= 0.6 is 0 Å². The van der Waals surface area contributed by atoms with Crippen molar-refractivity contribution in [2.75, 3.05) is 45.9 Å². The molecule has 140 valence electrons. The third-order valence-electron chi connectivity index (χ3n) is 4.40. The molecule has 1 aromatic carbocycles. The molecule has 1 unspecified atom stereocenters. The van der Waals surface area contributed by atoms with Gasteiger partial charge < -0.3 is 15.4 Å². The first-order valence-corrected chi connectivity index (χ1v) is 9.21. The van der Waals surface area contributed by atoms with Crippen molar-refractivity contribution in [1.82, 2.24) is 15.5 Å². The van der Waals surface area contributed by atoms with Gasteiger partial charge in [-0.15, -0.1) is 0 Å². The molecule has 2 N–H and O–H groups in total. The SMILES string of the molecule is CCNC(=NCCCN1CCOCC1)NC(C)c1ccc(C)c(F)c1. The van der Waals surface area contributed by atoms with Crippen molar-refractivity contribution >= 4 is 5.96 Å². The second kappa shape index (κ2) is 10.4. The topological polar surface area (TPSA) is 48.9 Å². The maximum atomic E-state index is 13.8. The number of ether oxygens (including phenoxy) is 1. The van der Waals surface area contributed by atoms with E-state index in [1.165, 1.54) is 0 Å². The first-order chi connectivity index (χ1) is 12.1. The summed E-state index contributed by atoms with van der Waals surface area (Å²) >= 11 is 0. The van der Waals surface area contributed by atoms with Gasteiger partial charge in [0.1, 0.15) is 5.82 Å². The summed E-state index contributed by atoms with van der Waals surface area (Å²) < 4.78 is 19.1. The predicted molar refractivity (Wildman–Crippen MR) is 101 cm³/mol. The van der Waals surface area contributed by atoms with Gasteiger partial charge in [0, 0.05) is 32.7 Å². The molecule has 1 aromatic rings. The normalized spacial score (nSPS) is 17.4. The number of morpholine rings is 1. The smallest absolute Gasteiger partial charge is 0.191 e. The molecule has 0 bridgehead atoms. The maximum absolute atomic E-state index is 13.8. The van der Waals surface area contributed by atoms with Crippen LogP contribution in [-0.2, 0) is 4.74 Å². The average Bonchev–Trinajstić information content (AvgIpc) is 2.62. The fourth-order valence-corrected chi connectivity index (χ4v) is 2.80. The van der Waals surface area contributed by atoms with E-state index in [2.05, 4.69) is 20.5 Å². The van der Waals surface area contributed by atoms with Crippen molar-refractivity contribution in [3.8, 4) is 0 Å². The molecule has 1 atom stereocenters. The zero-order valence-corrected chi connectivity index (χ0v) is 15.6. The molecule has 6 heteroatoms. The minimum absolute atomic E-state index is 0.00727. The third kappa shape index (κ3) is 6.63. The molecular weight excluding hydrogens is 319 g/mol. The van der Waals surface area contributed by atoms with E-state index < -0.39 is 0 Å². The highest BCUT2D eigenvalue weighted by molar-refractivity contribution is 5.80. The summed E-state index contributed by atoms with van der Waals surface area (Å²) in [4.78, 5) is 7.06. The van der Waals surface area contributed by atoms with Crippen LogP contribution in [0, 0.1) is 12.7 Å². The Labute approximate surface area is 150 Å². The Balaban J connectivity index is 1.84. The van der Waals surface area contributed by atoms with E-state index >= 15 is 0 Å². The van der Waals surface area contributed by atoms with Crippen LogP contribution < -0.4 is 10.6 Å². The third-order valence-corrected chi connectivity index (χ3v) is 4.40. The highest BCUT2D eigenvalue weighted by Gasteiger charge is 2.11. The molecule has 2 rings (SSSR count). The van der Waals surface area contributed by atoms with E-state index in [0.717, 1.165) is 63.9 Å². The number of halogens is 1. The molecule has 0 radical (unpaired) electrons. The average molecular weight is 350 g/mol. The van der Waals surface area contributed by atoms with Crippen molar-refractivity contribution < 1.29 is 9.13 Å². The molecule has 0 aliphatic carbocycles. The van der Waals surface area contributed by atoms with Crippen molar-refractivity contribution in [1.29, 1.82) is 0 Å². The Morgan fingerprint density at radius 1 is 1.36 bits per heavy atom. The van der Waals surface area contributed by atoms with E-state index in [4.69, 9.17) is 4.74 Å². The zero-order chi connectivity index (χ0) is 18.1. The quantitative estimate of drug-likeness (QED) is 0.451. The highest BCUT2D eigenvalue weighted by Crippen LogP contribution is 2.16. The zero-order valence-electron chi connectivity index (χ0n) is 15.6. The molecule has 5 nitrogen and oxygen atoms in total. The second-order valence-corrected chi connectivity index (χ2v) is 6.44. The first-order valence-electron chi connectivity index (χ1n) is 9.21. The summed E-state index contributed by atoms with van der Waals surface area (Å²) in [6, 6.07) is 5.36. The van der Waals surface area contributed by atoms with Gasteiger partial charge >= 0.3 is 0 Å². The number of guanidine groups is 1. The van der Waals surface area contributed by atoms with Crippen LogP contribution in [0.15, 0.2) is 23.2 Å². The van der Waals surface area contributed by atoms with Crippen molar-refractivity contribution in [2.45, 2.75) is 33.2 Å². The molecule has 1 fully saturated rings. The Morgan fingerprint density at radius 2 is 2.12 bits per heavy atom. The summed E-state index contributed by atoms with van der Waals surface area (Å²) in [7, 11) is 0. The van der Waals surface area contributed by atoms with E-state index in [1.807, 2.05) is 26.0 Å². The number of rotatable bonds is 7. The lowest BCUT2D eigenvalue weighted by Gasteiger charge is -2.26. The number of aliphatic imine (C=N–C) groups is 1. The lowest BCUT2D eigenvalue weighted by atomic mass is 10.1. The fourth-order valence-electron chi connectivity index (χ4n) is 2.80. The minimum Gasteiger partial charge on any atom is -0.379 e. The van der Waals surface area contributed by atoms with E-state index in [1.54, 1.807) is 13.0 Å². The van der Waals surface area contributed by atoms with Crippen LogP contribution in [0.1, 0.15) is 37.4 Å². The summed E-state index contributed by atoms with van der Waals surface area (Å²) in [5.41, 5.74) is 1.58.